The quantitative estimate of drug-likeness (QED) is 0.232. The van der Waals surface area contributed by atoms with Gasteiger partial charge < -0.3 is 9.30 Å². The first-order valence-electron chi connectivity index (χ1n) is 11.2. The monoisotopic (exact) mass is 450 g/mol. The number of para-hydroxylation sites is 2. The summed E-state index contributed by atoms with van der Waals surface area (Å²) in [5.74, 6) is 1.94. The van der Waals surface area contributed by atoms with Crippen molar-refractivity contribution in [1.82, 2.24) is 9.55 Å². The van der Waals surface area contributed by atoms with Crippen molar-refractivity contribution < 1.29 is 4.74 Å². The third-order valence-corrected chi connectivity index (χ3v) is 6.89. The number of fused-ring (bicyclic) bond motifs is 1. The van der Waals surface area contributed by atoms with Crippen molar-refractivity contribution in [1.29, 1.82) is 0 Å². The van der Waals surface area contributed by atoms with Crippen LogP contribution in [0.25, 0.3) is 11.0 Å². The molecule has 5 aromatic rings. The lowest BCUT2D eigenvalue weighted by atomic mass is 10.1. The second kappa shape index (κ2) is 9.97. The first-order valence-corrected chi connectivity index (χ1v) is 12.1. The molecule has 0 spiro atoms. The molecule has 0 fully saturated rings. The van der Waals surface area contributed by atoms with E-state index in [0.717, 1.165) is 29.2 Å². The Labute approximate surface area is 199 Å². The Kier molecular flexibility index (Phi) is 6.45. The molecule has 1 unspecified atom stereocenters. The summed E-state index contributed by atoms with van der Waals surface area (Å²) in [5.41, 5.74) is 4.61. The number of imidazole rings is 1. The summed E-state index contributed by atoms with van der Waals surface area (Å²) in [4.78, 5) is 6.33. The number of hydrogen-bond acceptors (Lipinski definition) is 3. The Bertz CT molecular complexity index is 1310. The maximum absolute atomic E-state index is 6.09. The van der Waals surface area contributed by atoms with Gasteiger partial charge in [-0.2, -0.15) is 0 Å². The smallest absolute Gasteiger partial charge is 0.128 e. The van der Waals surface area contributed by atoms with Gasteiger partial charge in [0, 0.05) is 4.90 Å². The zero-order chi connectivity index (χ0) is 22.5. The minimum Gasteiger partial charge on any atom is -0.492 e. The van der Waals surface area contributed by atoms with Crippen molar-refractivity contribution in [2.75, 3.05) is 6.61 Å². The minimum atomic E-state index is 0.0698. The normalized spacial score (nSPS) is 12.0. The van der Waals surface area contributed by atoms with Crippen molar-refractivity contribution in [3.05, 3.63) is 126 Å². The zero-order valence-electron chi connectivity index (χ0n) is 18.6. The number of rotatable bonds is 8. The first kappa shape index (κ1) is 21.4. The molecule has 0 bridgehead atoms. The zero-order valence-corrected chi connectivity index (χ0v) is 19.4. The van der Waals surface area contributed by atoms with Gasteiger partial charge in [0.1, 0.15) is 18.2 Å². The highest BCUT2D eigenvalue weighted by molar-refractivity contribution is 7.99. The summed E-state index contributed by atoms with van der Waals surface area (Å²) < 4.78 is 8.40. The average molecular weight is 451 g/mol. The number of thioether (sulfide) groups is 1. The molecule has 0 amide bonds. The topological polar surface area (TPSA) is 27.1 Å². The SMILES string of the molecule is Cc1ccc(OCCn2c(C(Sc3ccccc3)c3ccccc3)nc3ccccc32)cc1. The van der Waals surface area contributed by atoms with Crippen LogP contribution in [0.5, 0.6) is 5.75 Å². The maximum Gasteiger partial charge on any atom is 0.128 e. The van der Waals surface area contributed by atoms with Crippen LogP contribution in [-0.4, -0.2) is 16.2 Å². The largest absolute Gasteiger partial charge is 0.492 e. The van der Waals surface area contributed by atoms with Gasteiger partial charge in [-0.05, 0) is 48.9 Å². The van der Waals surface area contributed by atoms with Gasteiger partial charge >= 0.3 is 0 Å². The van der Waals surface area contributed by atoms with Gasteiger partial charge in [-0.3, -0.25) is 0 Å². The average Bonchev–Trinajstić information content (AvgIpc) is 3.23. The fraction of sp³-hybridized carbons (Fsp3) is 0.138. The second-order valence-corrected chi connectivity index (χ2v) is 9.17. The molecule has 0 aliphatic heterocycles. The van der Waals surface area contributed by atoms with E-state index in [9.17, 15) is 0 Å². The summed E-state index contributed by atoms with van der Waals surface area (Å²) in [5, 5.41) is 0.0698. The van der Waals surface area contributed by atoms with Gasteiger partial charge in [0.2, 0.25) is 0 Å². The lowest BCUT2D eigenvalue weighted by Crippen LogP contribution is -2.13. The molecule has 0 saturated carbocycles. The van der Waals surface area contributed by atoms with E-state index in [1.165, 1.54) is 16.0 Å². The lowest BCUT2D eigenvalue weighted by Gasteiger charge is -2.19. The van der Waals surface area contributed by atoms with Crippen LogP contribution in [0.1, 0.15) is 22.2 Å². The number of aromatic nitrogens is 2. The number of hydrogen-bond donors (Lipinski definition) is 0. The van der Waals surface area contributed by atoms with E-state index in [-0.39, 0.29) is 5.25 Å². The predicted octanol–water partition coefficient (Wildman–Crippen LogP) is 7.31. The molecule has 5 rings (SSSR count). The number of benzene rings is 4. The highest BCUT2D eigenvalue weighted by atomic mass is 32.2. The molecule has 1 atom stereocenters. The van der Waals surface area contributed by atoms with Crippen molar-refractivity contribution >= 4 is 22.8 Å². The number of nitrogens with zero attached hydrogens (tertiary/aromatic N) is 2. The molecule has 0 saturated heterocycles. The van der Waals surface area contributed by atoms with Crippen molar-refractivity contribution in [2.45, 2.75) is 23.6 Å². The van der Waals surface area contributed by atoms with Crippen LogP contribution in [0, 0.1) is 6.92 Å². The van der Waals surface area contributed by atoms with Crippen LogP contribution in [0.3, 0.4) is 0 Å². The Balaban J connectivity index is 1.51. The molecule has 0 aliphatic rings. The molecule has 164 valence electrons. The summed E-state index contributed by atoms with van der Waals surface area (Å²) in [6.45, 7) is 3.39. The van der Waals surface area contributed by atoms with Crippen LogP contribution in [0.15, 0.2) is 114 Å². The fourth-order valence-corrected chi connectivity index (χ4v) is 5.12. The lowest BCUT2D eigenvalue weighted by molar-refractivity contribution is 0.298. The maximum atomic E-state index is 6.09. The van der Waals surface area contributed by atoms with E-state index >= 15 is 0 Å². The van der Waals surface area contributed by atoms with E-state index in [1.807, 2.05) is 30.0 Å². The van der Waals surface area contributed by atoms with Gasteiger partial charge in [0.15, 0.2) is 0 Å². The predicted molar refractivity (Wildman–Crippen MR) is 137 cm³/mol. The number of ether oxygens (including phenoxy) is 1. The molecule has 1 heterocycles. The van der Waals surface area contributed by atoms with E-state index in [0.29, 0.717) is 6.61 Å². The molecule has 3 nitrogen and oxygen atoms in total. The van der Waals surface area contributed by atoms with Gasteiger partial charge in [0.05, 0.1) is 22.8 Å². The molecule has 33 heavy (non-hydrogen) atoms. The van der Waals surface area contributed by atoms with E-state index in [2.05, 4.69) is 102 Å². The molecule has 0 N–H and O–H groups in total. The highest BCUT2D eigenvalue weighted by Crippen LogP contribution is 2.41. The molecule has 1 aromatic heterocycles. The second-order valence-electron chi connectivity index (χ2n) is 7.99. The van der Waals surface area contributed by atoms with Crippen molar-refractivity contribution in [3.8, 4) is 5.75 Å². The Hall–Kier alpha value is -3.50. The molecule has 4 aromatic carbocycles. The van der Waals surface area contributed by atoms with Crippen LogP contribution in [-0.2, 0) is 6.54 Å². The molecule has 0 aliphatic carbocycles. The standard InChI is InChI=1S/C29H26N2OS/c1-22-16-18-24(19-17-22)32-21-20-31-27-15-9-8-14-26(27)30-29(31)28(23-10-4-2-5-11-23)33-25-12-6-3-7-13-25/h2-19,28H,20-21H2,1H3. The summed E-state index contributed by atoms with van der Waals surface area (Å²) >= 11 is 1.83. The molecular formula is C29H26N2OS. The van der Waals surface area contributed by atoms with Crippen LogP contribution in [0.4, 0.5) is 0 Å². The van der Waals surface area contributed by atoms with Crippen molar-refractivity contribution in [3.63, 3.8) is 0 Å². The Morgan fingerprint density at radius 1 is 0.788 bits per heavy atom. The Morgan fingerprint density at radius 3 is 2.21 bits per heavy atom. The van der Waals surface area contributed by atoms with Gasteiger partial charge in [-0.25, -0.2) is 4.98 Å². The fourth-order valence-electron chi connectivity index (χ4n) is 3.95. The van der Waals surface area contributed by atoms with E-state index in [4.69, 9.17) is 9.72 Å². The summed E-state index contributed by atoms with van der Waals surface area (Å²) in [6, 6.07) is 37.8. The first-order chi connectivity index (χ1) is 16.3. The third-order valence-electron chi connectivity index (χ3n) is 5.62. The van der Waals surface area contributed by atoms with Gasteiger partial charge in [-0.15, -0.1) is 11.8 Å². The van der Waals surface area contributed by atoms with Crippen LogP contribution >= 0.6 is 11.8 Å². The molecular weight excluding hydrogens is 424 g/mol. The Morgan fingerprint density at radius 2 is 1.45 bits per heavy atom. The highest BCUT2D eigenvalue weighted by Gasteiger charge is 2.23. The van der Waals surface area contributed by atoms with Gasteiger partial charge in [-0.1, -0.05) is 78.4 Å². The third kappa shape index (κ3) is 4.96. The minimum absolute atomic E-state index is 0.0698. The van der Waals surface area contributed by atoms with E-state index in [1.54, 1.807) is 0 Å². The molecule has 0 radical (unpaired) electrons. The number of aryl methyl sites for hydroxylation is 1. The summed E-state index contributed by atoms with van der Waals surface area (Å²) in [7, 11) is 0. The molecule has 4 heteroatoms. The van der Waals surface area contributed by atoms with Crippen molar-refractivity contribution in [2.24, 2.45) is 0 Å². The van der Waals surface area contributed by atoms with Crippen LogP contribution < -0.4 is 4.74 Å². The van der Waals surface area contributed by atoms with E-state index < -0.39 is 0 Å². The van der Waals surface area contributed by atoms with Gasteiger partial charge in [0.25, 0.3) is 0 Å². The summed E-state index contributed by atoms with van der Waals surface area (Å²) in [6.07, 6.45) is 0. The van der Waals surface area contributed by atoms with Crippen LogP contribution in [0.2, 0.25) is 0 Å².